The molecule has 2 aromatic rings. The highest BCUT2D eigenvalue weighted by Crippen LogP contribution is 2.22. The van der Waals surface area contributed by atoms with E-state index in [1.807, 2.05) is 12.1 Å². The predicted molar refractivity (Wildman–Crippen MR) is 80.7 cm³/mol. The molecule has 0 aliphatic carbocycles. The van der Waals surface area contributed by atoms with E-state index in [0.717, 1.165) is 37.1 Å². The molecule has 1 N–H and O–H groups in total. The Kier molecular flexibility index (Phi) is 4.74. The van der Waals surface area contributed by atoms with Crippen molar-refractivity contribution >= 4 is 16.7 Å². The first-order chi connectivity index (χ1) is 9.22. The molecule has 0 bridgehead atoms. The van der Waals surface area contributed by atoms with Gasteiger partial charge in [-0.3, -0.25) is 0 Å². The third-order valence-electron chi connectivity index (χ3n) is 3.40. The molecule has 3 nitrogen and oxygen atoms in total. The minimum Gasteiger partial charge on any atom is -0.396 e. The Bertz CT molecular complexity index is 539. The summed E-state index contributed by atoms with van der Waals surface area (Å²) in [7, 11) is 2.09. The Hall–Kier alpha value is -1.61. The fourth-order valence-electron chi connectivity index (χ4n) is 2.34. The fourth-order valence-corrected chi connectivity index (χ4v) is 2.34. The van der Waals surface area contributed by atoms with Crippen LogP contribution in [-0.4, -0.2) is 30.3 Å². The Morgan fingerprint density at radius 2 is 1.95 bits per heavy atom. The van der Waals surface area contributed by atoms with E-state index in [1.54, 1.807) is 0 Å². The summed E-state index contributed by atoms with van der Waals surface area (Å²) in [5, 5.41) is 9.98. The monoisotopic (exact) mass is 258 g/mol. The van der Waals surface area contributed by atoms with Crippen LogP contribution in [0.2, 0.25) is 0 Å². The molecule has 0 fully saturated rings. The number of hydrogen-bond acceptors (Lipinski definition) is 3. The number of nitrogens with zero attached hydrogens (tertiary/aromatic N) is 2. The molecule has 0 atom stereocenters. The van der Waals surface area contributed by atoms with Crippen LogP contribution in [0.3, 0.4) is 0 Å². The molecule has 0 saturated carbocycles. The number of hydrogen-bond donors (Lipinski definition) is 1. The number of fused-ring (bicyclic) bond motifs is 1. The van der Waals surface area contributed by atoms with Gasteiger partial charge in [-0.15, -0.1) is 0 Å². The van der Waals surface area contributed by atoms with Crippen LogP contribution in [0.4, 0.5) is 5.82 Å². The van der Waals surface area contributed by atoms with Crippen LogP contribution < -0.4 is 4.90 Å². The van der Waals surface area contributed by atoms with Crippen LogP contribution >= 0.6 is 0 Å². The van der Waals surface area contributed by atoms with Gasteiger partial charge in [0, 0.05) is 25.6 Å². The summed E-state index contributed by atoms with van der Waals surface area (Å²) in [4.78, 5) is 6.96. The smallest absolute Gasteiger partial charge is 0.131 e. The van der Waals surface area contributed by atoms with Gasteiger partial charge in [0.2, 0.25) is 0 Å². The van der Waals surface area contributed by atoms with Gasteiger partial charge in [-0.2, -0.15) is 0 Å². The molecule has 0 saturated heterocycles. The van der Waals surface area contributed by atoms with Crippen LogP contribution in [0, 0.1) is 6.92 Å². The van der Waals surface area contributed by atoms with Crippen LogP contribution in [0.1, 0.15) is 24.8 Å². The minimum atomic E-state index is 0.289. The second kappa shape index (κ2) is 6.53. The highest BCUT2D eigenvalue weighted by Gasteiger charge is 2.07. The highest BCUT2D eigenvalue weighted by molar-refractivity contribution is 5.81. The van der Waals surface area contributed by atoms with E-state index in [4.69, 9.17) is 10.1 Å². The molecule has 102 valence electrons. The molecule has 2 rings (SSSR count). The standard InChI is InChI=1S/C16H22N2O/c1-13-12-14-8-4-5-9-15(14)17-16(13)18(2)10-6-3-7-11-19/h4-5,8-9,12,19H,3,6-7,10-11H2,1-2H3. The molecule has 0 amide bonds. The summed E-state index contributed by atoms with van der Waals surface area (Å²) in [5.41, 5.74) is 2.26. The number of rotatable bonds is 6. The van der Waals surface area contributed by atoms with Gasteiger partial charge in [-0.25, -0.2) is 4.98 Å². The first-order valence-electron chi connectivity index (χ1n) is 6.91. The Morgan fingerprint density at radius 3 is 2.74 bits per heavy atom. The van der Waals surface area contributed by atoms with Gasteiger partial charge in [-0.05, 0) is 43.9 Å². The number of anilines is 1. The molecular weight excluding hydrogens is 236 g/mol. The Morgan fingerprint density at radius 1 is 1.16 bits per heavy atom. The van der Waals surface area contributed by atoms with Crippen LogP contribution in [0.5, 0.6) is 0 Å². The first-order valence-corrected chi connectivity index (χ1v) is 6.91. The Balaban J connectivity index is 2.12. The topological polar surface area (TPSA) is 36.4 Å². The number of pyridine rings is 1. The zero-order valence-electron chi connectivity index (χ0n) is 11.8. The molecule has 3 heteroatoms. The average Bonchev–Trinajstić information content (AvgIpc) is 2.42. The maximum Gasteiger partial charge on any atom is 0.131 e. The SMILES string of the molecule is Cc1cc2ccccc2nc1N(C)CCCCCO. The number of para-hydroxylation sites is 1. The van der Waals surface area contributed by atoms with Gasteiger partial charge in [0.25, 0.3) is 0 Å². The summed E-state index contributed by atoms with van der Waals surface area (Å²) in [6.45, 7) is 3.38. The van der Waals surface area contributed by atoms with Gasteiger partial charge >= 0.3 is 0 Å². The van der Waals surface area contributed by atoms with Gasteiger partial charge in [0.15, 0.2) is 0 Å². The van der Waals surface area contributed by atoms with Crippen molar-refractivity contribution in [3.8, 4) is 0 Å². The van der Waals surface area contributed by atoms with Gasteiger partial charge in [0.1, 0.15) is 5.82 Å². The molecular formula is C16H22N2O. The summed E-state index contributed by atoms with van der Waals surface area (Å²) >= 11 is 0. The lowest BCUT2D eigenvalue weighted by atomic mass is 10.1. The van der Waals surface area contributed by atoms with Gasteiger partial charge in [-0.1, -0.05) is 18.2 Å². The van der Waals surface area contributed by atoms with Crippen molar-refractivity contribution in [3.05, 3.63) is 35.9 Å². The second-order valence-corrected chi connectivity index (χ2v) is 5.03. The van der Waals surface area contributed by atoms with E-state index >= 15 is 0 Å². The maximum atomic E-state index is 8.79. The quantitative estimate of drug-likeness (QED) is 0.809. The first kappa shape index (κ1) is 13.8. The van der Waals surface area contributed by atoms with Crippen molar-refractivity contribution < 1.29 is 5.11 Å². The number of unbranched alkanes of at least 4 members (excludes halogenated alkanes) is 2. The summed E-state index contributed by atoms with van der Waals surface area (Å²) < 4.78 is 0. The third-order valence-corrected chi connectivity index (χ3v) is 3.40. The minimum absolute atomic E-state index is 0.289. The fraction of sp³-hybridized carbons (Fsp3) is 0.438. The van der Waals surface area contributed by atoms with E-state index in [0.29, 0.717) is 0 Å². The molecule has 0 radical (unpaired) electrons. The summed E-state index contributed by atoms with van der Waals surface area (Å²) in [6, 6.07) is 10.4. The van der Waals surface area contributed by atoms with E-state index in [2.05, 4.69) is 37.1 Å². The number of aliphatic hydroxyl groups is 1. The van der Waals surface area contributed by atoms with Crippen molar-refractivity contribution in [2.45, 2.75) is 26.2 Å². The molecule has 19 heavy (non-hydrogen) atoms. The lowest BCUT2D eigenvalue weighted by molar-refractivity contribution is 0.283. The van der Waals surface area contributed by atoms with E-state index < -0.39 is 0 Å². The molecule has 1 aromatic carbocycles. The van der Waals surface area contributed by atoms with Gasteiger partial charge in [0.05, 0.1) is 5.52 Å². The predicted octanol–water partition coefficient (Wildman–Crippen LogP) is 3.14. The number of benzene rings is 1. The lowest BCUT2D eigenvalue weighted by Gasteiger charge is -2.20. The average molecular weight is 258 g/mol. The zero-order chi connectivity index (χ0) is 13.7. The number of aromatic nitrogens is 1. The Labute approximate surface area is 114 Å². The van der Waals surface area contributed by atoms with Crippen LogP contribution in [0.25, 0.3) is 10.9 Å². The molecule has 0 unspecified atom stereocenters. The number of aliphatic hydroxyl groups excluding tert-OH is 1. The number of aryl methyl sites for hydroxylation is 1. The third kappa shape index (κ3) is 3.44. The molecule has 1 aromatic heterocycles. The van der Waals surface area contributed by atoms with Crippen molar-refractivity contribution in [1.29, 1.82) is 0 Å². The lowest BCUT2D eigenvalue weighted by Crippen LogP contribution is -2.20. The van der Waals surface area contributed by atoms with Crippen molar-refractivity contribution in [2.24, 2.45) is 0 Å². The van der Waals surface area contributed by atoms with Gasteiger partial charge < -0.3 is 10.0 Å². The van der Waals surface area contributed by atoms with E-state index in [9.17, 15) is 0 Å². The molecule has 0 spiro atoms. The van der Waals surface area contributed by atoms with Crippen molar-refractivity contribution in [3.63, 3.8) is 0 Å². The van der Waals surface area contributed by atoms with E-state index in [-0.39, 0.29) is 6.61 Å². The van der Waals surface area contributed by atoms with E-state index in [1.165, 1.54) is 10.9 Å². The molecule has 1 heterocycles. The van der Waals surface area contributed by atoms with Crippen molar-refractivity contribution in [2.75, 3.05) is 25.1 Å². The largest absolute Gasteiger partial charge is 0.396 e. The zero-order valence-corrected chi connectivity index (χ0v) is 11.8. The second-order valence-electron chi connectivity index (χ2n) is 5.03. The van der Waals surface area contributed by atoms with Crippen LogP contribution in [0.15, 0.2) is 30.3 Å². The summed E-state index contributed by atoms with van der Waals surface area (Å²) in [5.74, 6) is 1.06. The molecule has 0 aliphatic rings. The normalized spacial score (nSPS) is 10.9. The molecule has 0 aliphatic heterocycles. The van der Waals surface area contributed by atoms with Crippen molar-refractivity contribution in [1.82, 2.24) is 4.98 Å². The highest BCUT2D eigenvalue weighted by atomic mass is 16.2. The van der Waals surface area contributed by atoms with Crippen LogP contribution in [-0.2, 0) is 0 Å². The maximum absolute atomic E-state index is 8.79. The summed E-state index contributed by atoms with van der Waals surface area (Å²) in [6.07, 6.45) is 3.04.